The highest BCUT2D eigenvalue weighted by atomic mass is 28.3. The maximum Gasteiger partial charge on any atom is 0.338 e. The molecule has 3 aromatic rings. The van der Waals surface area contributed by atoms with E-state index in [1.165, 1.54) is 4.90 Å². The van der Waals surface area contributed by atoms with Gasteiger partial charge in [-0.25, -0.2) is 4.79 Å². The number of amides is 1. The number of carbonyl (C=O) groups excluding carboxylic acids is 2. The van der Waals surface area contributed by atoms with Crippen LogP contribution in [0.2, 0.25) is 25.7 Å². The molecule has 1 aromatic heterocycles. The van der Waals surface area contributed by atoms with E-state index >= 15 is 0 Å². The molecule has 1 amide bonds. The Bertz CT molecular complexity index is 1140. The van der Waals surface area contributed by atoms with Crippen molar-refractivity contribution in [2.75, 3.05) is 20.7 Å². The van der Waals surface area contributed by atoms with Crippen molar-refractivity contribution in [1.29, 1.82) is 0 Å². The monoisotopic (exact) mass is 446 g/mol. The van der Waals surface area contributed by atoms with Gasteiger partial charge >= 0.3 is 5.97 Å². The van der Waals surface area contributed by atoms with Crippen LogP contribution in [0, 0.1) is 0 Å². The highest BCUT2D eigenvalue weighted by molar-refractivity contribution is 6.76. The summed E-state index contributed by atoms with van der Waals surface area (Å²) >= 11 is 0. The Morgan fingerprint density at radius 2 is 1.75 bits per heavy atom. The fourth-order valence-electron chi connectivity index (χ4n) is 3.24. The van der Waals surface area contributed by atoms with Gasteiger partial charge < -0.3 is 9.64 Å². The molecular formula is C26H30N2O3Si. The molecule has 0 saturated heterocycles. The predicted molar refractivity (Wildman–Crippen MR) is 133 cm³/mol. The summed E-state index contributed by atoms with van der Waals surface area (Å²) in [6.07, 6.45) is 6.88. The highest BCUT2D eigenvalue weighted by Gasteiger charge is 2.18. The zero-order valence-corrected chi connectivity index (χ0v) is 20.4. The molecule has 1 heterocycles. The molecule has 166 valence electrons. The normalized spacial score (nSPS) is 11.7. The summed E-state index contributed by atoms with van der Waals surface area (Å²) in [5, 5.41) is 1.73. The third kappa shape index (κ3) is 5.92. The Kier molecular flexibility index (Phi) is 7.25. The Morgan fingerprint density at radius 3 is 2.41 bits per heavy atom. The Labute approximate surface area is 190 Å². The second-order valence-electron chi connectivity index (χ2n) is 9.23. The van der Waals surface area contributed by atoms with Gasteiger partial charge in [0.25, 0.3) is 0 Å². The molecule has 0 fully saturated rings. The molecule has 0 aliphatic carbocycles. The number of aromatic nitrogens is 1. The second kappa shape index (κ2) is 9.91. The molecule has 2 aromatic carbocycles. The lowest BCUT2D eigenvalue weighted by Gasteiger charge is -2.16. The standard InChI is InChI=1S/C26H30N2O3Si/c1-28(2)24(29)14-11-19-9-12-20(13-10-19)23-18-27-17-21-7-6-8-22(25(21)23)26(30)31-15-16-32(3,4)5/h6-14,17-18H,15-16H2,1-5H3/b14-11+. The average molecular weight is 447 g/mol. The van der Waals surface area contributed by atoms with Crippen LogP contribution in [0.15, 0.2) is 60.9 Å². The molecule has 0 saturated carbocycles. The van der Waals surface area contributed by atoms with E-state index in [1.807, 2.05) is 42.5 Å². The van der Waals surface area contributed by atoms with Gasteiger partial charge in [-0.15, -0.1) is 0 Å². The first kappa shape index (κ1) is 23.4. The van der Waals surface area contributed by atoms with Crippen LogP contribution in [0.1, 0.15) is 15.9 Å². The summed E-state index contributed by atoms with van der Waals surface area (Å²) in [5.41, 5.74) is 3.29. The summed E-state index contributed by atoms with van der Waals surface area (Å²) in [6.45, 7) is 7.23. The Hall–Kier alpha value is -3.25. The first-order valence-electron chi connectivity index (χ1n) is 10.7. The predicted octanol–water partition coefficient (Wildman–Crippen LogP) is 5.50. The van der Waals surface area contributed by atoms with Crippen molar-refractivity contribution in [2.24, 2.45) is 0 Å². The highest BCUT2D eigenvalue weighted by Crippen LogP contribution is 2.31. The van der Waals surface area contributed by atoms with Crippen molar-refractivity contribution in [3.8, 4) is 11.1 Å². The number of nitrogens with zero attached hydrogens (tertiary/aromatic N) is 2. The van der Waals surface area contributed by atoms with Crippen molar-refractivity contribution in [1.82, 2.24) is 9.88 Å². The minimum atomic E-state index is -1.28. The van der Waals surface area contributed by atoms with Gasteiger partial charge in [0.1, 0.15) is 0 Å². The smallest absolute Gasteiger partial charge is 0.338 e. The number of pyridine rings is 1. The van der Waals surface area contributed by atoms with Gasteiger partial charge in [-0.05, 0) is 29.3 Å². The molecule has 0 spiro atoms. The van der Waals surface area contributed by atoms with Crippen molar-refractivity contribution in [2.45, 2.75) is 25.7 Å². The first-order valence-corrected chi connectivity index (χ1v) is 14.4. The number of rotatable bonds is 7. The maximum atomic E-state index is 12.9. The average Bonchev–Trinajstić information content (AvgIpc) is 2.76. The van der Waals surface area contributed by atoms with Crippen LogP contribution < -0.4 is 0 Å². The summed E-state index contributed by atoms with van der Waals surface area (Å²) in [7, 11) is 2.15. The zero-order chi connectivity index (χ0) is 23.3. The lowest BCUT2D eigenvalue weighted by molar-refractivity contribution is -0.123. The first-order chi connectivity index (χ1) is 15.2. The van der Waals surface area contributed by atoms with Gasteiger partial charge in [-0.3, -0.25) is 9.78 Å². The van der Waals surface area contributed by atoms with Gasteiger partial charge in [0.2, 0.25) is 5.91 Å². The minimum Gasteiger partial charge on any atom is -0.462 e. The van der Waals surface area contributed by atoms with Crippen LogP contribution >= 0.6 is 0 Å². The lowest BCUT2D eigenvalue weighted by atomic mass is 9.96. The minimum absolute atomic E-state index is 0.0652. The molecule has 0 N–H and O–H groups in total. The molecule has 0 aliphatic rings. The van der Waals surface area contributed by atoms with Crippen LogP contribution in [0.4, 0.5) is 0 Å². The van der Waals surface area contributed by atoms with Crippen LogP contribution in [0.3, 0.4) is 0 Å². The van der Waals surface area contributed by atoms with Crippen molar-refractivity contribution in [3.63, 3.8) is 0 Å². The van der Waals surface area contributed by atoms with E-state index in [9.17, 15) is 9.59 Å². The van der Waals surface area contributed by atoms with Crippen LogP contribution in [-0.4, -0.2) is 50.5 Å². The van der Waals surface area contributed by atoms with Gasteiger partial charge in [0.15, 0.2) is 0 Å². The molecule has 0 radical (unpaired) electrons. The molecule has 6 heteroatoms. The molecular weight excluding hydrogens is 416 g/mol. The molecule has 3 rings (SSSR count). The SMILES string of the molecule is CN(C)C(=O)/C=C/c1ccc(-c2cncc3cccc(C(=O)OCC[Si](C)(C)C)c23)cc1. The van der Waals surface area contributed by atoms with E-state index in [1.54, 1.807) is 38.6 Å². The molecule has 32 heavy (non-hydrogen) atoms. The van der Waals surface area contributed by atoms with Crippen molar-refractivity contribution < 1.29 is 14.3 Å². The van der Waals surface area contributed by atoms with E-state index in [2.05, 4.69) is 24.6 Å². The van der Waals surface area contributed by atoms with E-state index in [4.69, 9.17) is 4.74 Å². The van der Waals surface area contributed by atoms with E-state index in [0.29, 0.717) is 12.2 Å². The maximum absolute atomic E-state index is 12.9. The van der Waals surface area contributed by atoms with E-state index < -0.39 is 8.07 Å². The summed E-state index contributed by atoms with van der Waals surface area (Å²) < 4.78 is 5.63. The van der Waals surface area contributed by atoms with Gasteiger partial charge in [0.05, 0.1) is 12.2 Å². The number of hydrogen-bond donors (Lipinski definition) is 0. The third-order valence-electron chi connectivity index (χ3n) is 5.17. The van der Waals surface area contributed by atoms with Crippen molar-refractivity contribution in [3.05, 3.63) is 72.1 Å². The molecule has 0 bridgehead atoms. The largest absolute Gasteiger partial charge is 0.462 e. The second-order valence-corrected chi connectivity index (χ2v) is 14.8. The fourth-order valence-corrected chi connectivity index (χ4v) is 3.96. The molecule has 0 aliphatic heterocycles. The number of carbonyl (C=O) groups is 2. The summed E-state index contributed by atoms with van der Waals surface area (Å²) in [6, 6.07) is 14.4. The van der Waals surface area contributed by atoms with Crippen LogP contribution in [0.5, 0.6) is 0 Å². The van der Waals surface area contributed by atoms with E-state index in [0.717, 1.165) is 33.5 Å². The summed E-state index contributed by atoms with van der Waals surface area (Å²) in [5.74, 6) is -0.368. The number of benzene rings is 2. The summed E-state index contributed by atoms with van der Waals surface area (Å²) in [4.78, 5) is 30.6. The number of hydrogen-bond acceptors (Lipinski definition) is 4. The van der Waals surface area contributed by atoms with Gasteiger partial charge in [-0.2, -0.15) is 0 Å². The molecule has 5 nitrogen and oxygen atoms in total. The van der Waals surface area contributed by atoms with Crippen molar-refractivity contribution >= 4 is 36.8 Å². The number of fused-ring (bicyclic) bond motifs is 1. The number of likely N-dealkylation sites (N-methyl/N-ethyl adjacent to an activating group) is 1. The lowest BCUT2D eigenvalue weighted by Crippen LogP contribution is -2.22. The number of ether oxygens (including phenoxy) is 1. The number of esters is 1. The zero-order valence-electron chi connectivity index (χ0n) is 19.4. The van der Waals surface area contributed by atoms with Gasteiger partial charge in [-0.1, -0.05) is 56.0 Å². The third-order valence-corrected chi connectivity index (χ3v) is 6.87. The molecule has 0 atom stereocenters. The quantitative estimate of drug-likeness (QED) is 0.273. The fraction of sp³-hybridized carbons (Fsp3) is 0.269. The Morgan fingerprint density at radius 1 is 1.03 bits per heavy atom. The van der Waals surface area contributed by atoms with Gasteiger partial charge in [0, 0.05) is 57.0 Å². The molecule has 0 unspecified atom stereocenters. The van der Waals surface area contributed by atoms with E-state index in [-0.39, 0.29) is 11.9 Å². The van der Waals surface area contributed by atoms with Crippen LogP contribution in [-0.2, 0) is 9.53 Å². The van der Waals surface area contributed by atoms with Crippen LogP contribution in [0.25, 0.3) is 28.0 Å². The Balaban J connectivity index is 1.92. The topological polar surface area (TPSA) is 59.5 Å².